The van der Waals surface area contributed by atoms with Crippen molar-refractivity contribution in [3.63, 3.8) is 0 Å². The largest absolute Gasteiger partial charge is 0.324 e. The van der Waals surface area contributed by atoms with Gasteiger partial charge in [0.2, 0.25) is 0 Å². The van der Waals surface area contributed by atoms with E-state index in [4.69, 9.17) is 17.3 Å². The summed E-state index contributed by atoms with van der Waals surface area (Å²) in [6, 6.07) is 6.36. The van der Waals surface area contributed by atoms with Crippen LogP contribution >= 0.6 is 11.6 Å². The van der Waals surface area contributed by atoms with Crippen LogP contribution in [0.3, 0.4) is 0 Å². The number of benzene rings is 1. The molecule has 2 rings (SSSR count). The van der Waals surface area contributed by atoms with Gasteiger partial charge in [-0.15, -0.1) is 0 Å². The fraction of sp³-hybridized carbons (Fsp3) is 0.538. The Morgan fingerprint density at radius 3 is 2.60 bits per heavy atom. The van der Waals surface area contributed by atoms with Crippen molar-refractivity contribution in [2.75, 3.05) is 0 Å². The molecule has 0 radical (unpaired) electrons. The highest BCUT2D eigenvalue weighted by atomic mass is 35.5. The van der Waals surface area contributed by atoms with E-state index >= 15 is 0 Å². The van der Waals surface area contributed by atoms with Gasteiger partial charge in [-0.3, -0.25) is 0 Å². The molecule has 1 aliphatic carbocycles. The highest BCUT2D eigenvalue weighted by Crippen LogP contribution is 2.34. The lowest BCUT2D eigenvalue weighted by atomic mass is 9.92. The SMILES string of the molecule is Cc1cc([C@@H](N)C2CCCC2)ccc1Cl. The van der Waals surface area contributed by atoms with Crippen LogP contribution in [-0.2, 0) is 0 Å². The van der Waals surface area contributed by atoms with Crippen molar-refractivity contribution in [3.8, 4) is 0 Å². The third-order valence-corrected chi connectivity index (χ3v) is 3.90. The van der Waals surface area contributed by atoms with Crippen LogP contribution in [0.1, 0.15) is 42.9 Å². The van der Waals surface area contributed by atoms with Gasteiger partial charge < -0.3 is 5.73 Å². The van der Waals surface area contributed by atoms with Gasteiger partial charge in [-0.1, -0.05) is 36.6 Å². The fourth-order valence-corrected chi connectivity index (χ4v) is 2.58. The summed E-state index contributed by atoms with van der Waals surface area (Å²) in [5, 5.41) is 0.831. The molecule has 2 heteroatoms. The molecule has 82 valence electrons. The van der Waals surface area contributed by atoms with Gasteiger partial charge in [0.25, 0.3) is 0 Å². The van der Waals surface area contributed by atoms with Crippen LogP contribution in [0.15, 0.2) is 18.2 Å². The average molecular weight is 224 g/mol. The lowest BCUT2D eigenvalue weighted by Gasteiger charge is -2.19. The molecule has 2 N–H and O–H groups in total. The molecule has 15 heavy (non-hydrogen) atoms. The van der Waals surface area contributed by atoms with Crippen molar-refractivity contribution >= 4 is 11.6 Å². The smallest absolute Gasteiger partial charge is 0.0435 e. The van der Waals surface area contributed by atoms with Gasteiger partial charge >= 0.3 is 0 Å². The number of nitrogens with two attached hydrogens (primary N) is 1. The van der Waals surface area contributed by atoms with Crippen molar-refractivity contribution in [1.82, 2.24) is 0 Å². The summed E-state index contributed by atoms with van der Waals surface area (Å²) < 4.78 is 0. The van der Waals surface area contributed by atoms with Gasteiger partial charge in [0.15, 0.2) is 0 Å². The van der Waals surface area contributed by atoms with Gasteiger partial charge in [-0.05, 0) is 42.9 Å². The molecule has 0 amide bonds. The third-order valence-electron chi connectivity index (χ3n) is 3.47. The Bertz CT molecular complexity index is 342. The predicted octanol–water partition coefficient (Wildman–Crippen LogP) is 3.84. The average Bonchev–Trinajstić information content (AvgIpc) is 2.74. The lowest BCUT2D eigenvalue weighted by molar-refractivity contribution is 0.445. The van der Waals surface area contributed by atoms with E-state index in [-0.39, 0.29) is 6.04 Å². The van der Waals surface area contributed by atoms with Crippen molar-refractivity contribution in [2.24, 2.45) is 11.7 Å². The number of hydrogen-bond acceptors (Lipinski definition) is 1. The van der Waals surface area contributed by atoms with Crippen LogP contribution in [0.25, 0.3) is 0 Å². The highest BCUT2D eigenvalue weighted by molar-refractivity contribution is 6.31. The van der Waals surface area contributed by atoms with Gasteiger partial charge in [0, 0.05) is 11.1 Å². The molecule has 0 aliphatic heterocycles. The van der Waals surface area contributed by atoms with Gasteiger partial charge in [-0.25, -0.2) is 0 Å². The van der Waals surface area contributed by atoms with E-state index in [1.807, 2.05) is 13.0 Å². The van der Waals surface area contributed by atoms with Crippen LogP contribution in [0.4, 0.5) is 0 Å². The molecule has 1 nitrogen and oxygen atoms in total. The minimum Gasteiger partial charge on any atom is -0.324 e. The number of hydrogen-bond donors (Lipinski definition) is 1. The Morgan fingerprint density at radius 1 is 1.33 bits per heavy atom. The number of rotatable bonds is 2. The zero-order valence-corrected chi connectivity index (χ0v) is 9.93. The summed E-state index contributed by atoms with van der Waals surface area (Å²) in [4.78, 5) is 0. The van der Waals surface area contributed by atoms with Crippen molar-refractivity contribution in [2.45, 2.75) is 38.6 Å². The first-order valence-electron chi connectivity index (χ1n) is 5.70. The Morgan fingerprint density at radius 2 is 2.00 bits per heavy atom. The number of halogens is 1. The standard InChI is InChI=1S/C13H18ClN/c1-9-8-11(6-7-12(9)14)13(15)10-4-2-3-5-10/h6-8,10,13H,2-5,15H2,1H3/t13-/m0/s1. The minimum absolute atomic E-state index is 0.198. The molecule has 1 atom stereocenters. The van der Waals surface area contributed by atoms with Crippen LogP contribution in [0.5, 0.6) is 0 Å². The van der Waals surface area contributed by atoms with E-state index in [1.54, 1.807) is 0 Å². The van der Waals surface area contributed by atoms with E-state index in [0.29, 0.717) is 5.92 Å². The summed E-state index contributed by atoms with van der Waals surface area (Å²) in [6.45, 7) is 2.03. The van der Waals surface area contributed by atoms with Gasteiger partial charge in [-0.2, -0.15) is 0 Å². The van der Waals surface area contributed by atoms with Gasteiger partial charge in [0.05, 0.1) is 0 Å². The predicted molar refractivity (Wildman–Crippen MR) is 65.1 cm³/mol. The Labute approximate surface area is 96.6 Å². The molecule has 1 aromatic rings. The maximum atomic E-state index is 6.28. The summed E-state index contributed by atoms with van der Waals surface area (Å²) in [6.07, 6.45) is 5.24. The second-order valence-electron chi connectivity index (χ2n) is 4.58. The Balaban J connectivity index is 2.17. The van der Waals surface area contributed by atoms with Crippen molar-refractivity contribution < 1.29 is 0 Å². The molecule has 1 aromatic carbocycles. The van der Waals surface area contributed by atoms with E-state index in [9.17, 15) is 0 Å². The molecule has 0 saturated heterocycles. The molecule has 0 heterocycles. The molecule has 0 spiro atoms. The lowest BCUT2D eigenvalue weighted by Crippen LogP contribution is -2.19. The zero-order chi connectivity index (χ0) is 10.8. The van der Waals surface area contributed by atoms with Crippen molar-refractivity contribution in [1.29, 1.82) is 0 Å². The molecular weight excluding hydrogens is 206 g/mol. The summed E-state index contributed by atoms with van der Waals surface area (Å²) in [7, 11) is 0. The summed E-state index contributed by atoms with van der Waals surface area (Å²) in [5.74, 6) is 0.672. The first kappa shape index (κ1) is 11.0. The summed E-state index contributed by atoms with van der Waals surface area (Å²) in [5.41, 5.74) is 8.64. The molecule has 0 unspecified atom stereocenters. The van der Waals surface area contributed by atoms with Crippen LogP contribution < -0.4 is 5.73 Å². The second-order valence-corrected chi connectivity index (χ2v) is 4.99. The molecule has 1 saturated carbocycles. The molecule has 1 fully saturated rings. The fourth-order valence-electron chi connectivity index (χ4n) is 2.46. The molecular formula is C13H18ClN. The van der Waals surface area contributed by atoms with Gasteiger partial charge in [0.1, 0.15) is 0 Å². The Hall–Kier alpha value is -0.530. The first-order chi connectivity index (χ1) is 7.18. The number of aryl methyl sites for hydroxylation is 1. The van der Waals surface area contributed by atoms with E-state index in [0.717, 1.165) is 10.6 Å². The minimum atomic E-state index is 0.198. The second kappa shape index (κ2) is 4.54. The Kier molecular flexibility index (Phi) is 3.32. The molecule has 0 bridgehead atoms. The maximum Gasteiger partial charge on any atom is 0.0435 e. The van der Waals surface area contributed by atoms with Crippen LogP contribution in [-0.4, -0.2) is 0 Å². The first-order valence-corrected chi connectivity index (χ1v) is 6.08. The van der Waals surface area contributed by atoms with E-state index in [2.05, 4.69) is 12.1 Å². The highest BCUT2D eigenvalue weighted by Gasteiger charge is 2.23. The topological polar surface area (TPSA) is 26.0 Å². The monoisotopic (exact) mass is 223 g/mol. The normalized spacial score (nSPS) is 19.4. The quantitative estimate of drug-likeness (QED) is 0.810. The third kappa shape index (κ3) is 2.35. The van der Waals surface area contributed by atoms with E-state index < -0.39 is 0 Å². The van der Waals surface area contributed by atoms with Crippen molar-refractivity contribution in [3.05, 3.63) is 34.3 Å². The van der Waals surface area contributed by atoms with E-state index in [1.165, 1.54) is 31.2 Å². The molecule has 1 aliphatic rings. The van der Waals surface area contributed by atoms with Crippen LogP contribution in [0, 0.1) is 12.8 Å². The maximum absolute atomic E-state index is 6.28. The summed E-state index contributed by atoms with van der Waals surface area (Å²) >= 11 is 6.00. The zero-order valence-electron chi connectivity index (χ0n) is 9.17. The van der Waals surface area contributed by atoms with Crippen LogP contribution in [0.2, 0.25) is 5.02 Å². The molecule has 0 aromatic heterocycles.